The lowest BCUT2D eigenvalue weighted by molar-refractivity contribution is 0.0509. The number of carbonyl (C=O) groups is 1. The molecule has 1 saturated heterocycles. The van der Waals surface area contributed by atoms with Crippen LogP contribution in [-0.4, -0.2) is 29.2 Å². The Kier molecular flexibility index (Phi) is 2.66. The van der Waals surface area contributed by atoms with Crippen molar-refractivity contribution >= 4 is 6.09 Å². The van der Waals surface area contributed by atoms with Crippen LogP contribution in [0.3, 0.4) is 0 Å². The summed E-state index contributed by atoms with van der Waals surface area (Å²) in [5.74, 6) is 0. The van der Waals surface area contributed by atoms with E-state index in [1.54, 1.807) is 0 Å². The summed E-state index contributed by atoms with van der Waals surface area (Å²) >= 11 is 0. The number of piperidine rings is 1. The molecular weight excluding hydrogens is 178 g/mol. The molecule has 0 aromatic rings. The van der Waals surface area contributed by atoms with E-state index in [4.69, 9.17) is 4.74 Å². The monoisotopic (exact) mass is 197 g/mol. The predicted octanol–water partition coefficient (Wildman–Crippen LogP) is 2.55. The molecular formula is C11H19NO2. The Balaban J connectivity index is 1.93. The summed E-state index contributed by atoms with van der Waals surface area (Å²) in [5.41, 5.74) is 0. The number of ether oxygens (including phenoxy) is 1. The molecule has 2 unspecified atom stereocenters. The van der Waals surface area contributed by atoms with Gasteiger partial charge in [0.25, 0.3) is 0 Å². The Bertz CT molecular complexity index is 215. The van der Waals surface area contributed by atoms with Gasteiger partial charge in [0, 0.05) is 12.1 Å². The zero-order valence-corrected chi connectivity index (χ0v) is 9.03. The number of carbonyl (C=O) groups excluding carboxylic acids is 1. The van der Waals surface area contributed by atoms with E-state index in [-0.39, 0.29) is 12.2 Å². The molecule has 0 spiro atoms. The Labute approximate surface area is 85.4 Å². The fourth-order valence-electron chi connectivity index (χ4n) is 2.17. The Morgan fingerprint density at radius 3 is 2.21 bits per heavy atom. The van der Waals surface area contributed by atoms with Crippen molar-refractivity contribution in [3.8, 4) is 0 Å². The first kappa shape index (κ1) is 9.81. The molecule has 0 aromatic carbocycles. The first-order valence-electron chi connectivity index (χ1n) is 5.67. The van der Waals surface area contributed by atoms with Crippen LogP contribution >= 0.6 is 0 Å². The lowest BCUT2D eigenvalue weighted by Gasteiger charge is -2.38. The first-order valence-corrected chi connectivity index (χ1v) is 5.67. The van der Waals surface area contributed by atoms with Gasteiger partial charge in [0.05, 0.1) is 0 Å². The van der Waals surface area contributed by atoms with Gasteiger partial charge in [-0.25, -0.2) is 4.79 Å². The third kappa shape index (κ3) is 2.02. The molecule has 1 amide bonds. The highest BCUT2D eigenvalue weighted by Gasteiger charge is 2.34. The van der Waals surface area contributed by atoms with Gasteiger partial charge in [0.2, 0.25) is 0 Å². The van der Waals surface area contributed by atoms with Crippen molar-refractivity contribution in [1.82, 2.24) is 4.90 Å². The molecule has 1 saturated carbocycles. The van der Waals surface area contributed by atoms with Crippen molar-refractivity contribution in [2.45, 2.75) is 64.1 Å². The lowest BCUT2D eigenvalue weighted by Crippen LogP contribution is -2.47. The molecule has 1 aliphatic carbocycles. The normalized spacial score (nSPS) is 32.9. The molecule has 1 aliphatic heterocycles. The van der Waals surface area contributed by atoms with Gasteiger partial charge in [-0.3, -0.25) is 0 Å². The summed E-state index contributed by atoms with van der Waals surface area (Å²) in [6.45, 7) is 4.23. The third-order valence-electron chi connectivity index (χ3n) is 3.20. The minimum absolute atomic E-state index is 0.0906. The van der Waals surface area contributed by atoms with E-state index in [0.717, 1.165) is 25.7 Å². The molecule has 0 bridgehead atoms. The molecule has 14 heavy (non-hydrogen) atoms. The average molecular weight is 197 g/mol. The smallest absolute Gasteiger partial charge is 0.410 e. The summed E-state index contributed by atoms with van der Waals surface area (Å²) in [6.07, 6.45) is 5.71. The molecule has 0 aromatic heterocycles. The van der Waals surface area contributed by atoms with Crippen LogP contribution in [0.2, 0.25) is 0 Å². The quantitative estimate of drug-likeness (QED) is 0.646. The largest absolute Gasteiger partial charge is 0.446 e. The summed E-state index contributed by atoms with van der Waals surface area (Å²) in [7, 11) is 0. The molecule has 2 aliphatic rings. The second-order valence-electron chi connectivity index (χ2n) is 4.62. The van der Waals surface area contributed by atoms with Crippen LogP contribution in [0, 0.1) is 0 Å². The summed E-state index contributed by atoms with van der Waals surface area (Å²) < 4.78 is 5.33. The number of likely N-dealkylation sites (tertiary alicyclic amines) is 1. The molecule has 3 nitrogen and oxygen atoms in total. The summed E-state index contributed by atoms with van der Waals surface area (Å²) in [4.78, 5) is 13.7. The fourth-order valence-corrected chi connectivity index (χ4v) is 2.17. The topological polar surface area (TPSA) is 29.5 Å². The third-order valence-corrected chi connectivity index (χ3v) is 3.20. The van der Waals surface area contributed by atoms with Gasteiger partial charge in [-0.1, -0.05) is 0 Å². The van der Waals surface area contributed by atoms with Crippen molar-refractivity contribution in [3.05, 3.63) is 0 Å². The van der Waals surface area contributed by atoms with E-state index in [2.05, 4.69) is 13.8 Å². The van der Waals surface area contributed by atoms with Gasteiger partial charge in [-0.15, -0.1) is 0 Å². The van der Waals surface area contributed by atoms with Crippen molar-refractivity contribution in [1.29, 1.82) is 0 Å². The molecule has 2 fully saturated rings. The second-order valence-corrected chi connectivity index (χ2v) is 4.62. The summed E-state index contributed by atoms with van der Waals surface area (Å²) in [5, 5.41) is 0. The molecule has 80 valence electrons. The van der Waals surface area contributed by atoms with E-state index in [1.165, 1.54) is 6.42 Å². The predicted molar refractivity (Wildman–Crippen MR) is 54.1 cm³/mol. The van der Waals surface area contributed by atoms with Crippen molar-refractivity contribution < 1.29 is 9.53 Å². The zero-order chi connectivity index (χ0) is 10.1. The maximum Gasteiger partial charge on any atom is 0.410 e. The van der Waals surface area contributed by atoms with Crippen LogP contribution in [0.5, 0.6) is 0 Å². The number of nitrogens with zero attached hydrogens (tertiary/aromatic N) is 1. The summed E-state index contributed by atoms with van der Waals surface area (Å²) in [6, 6.07) is 0.704. The van der Waals surface area contributed by atoms with Crippen molar-refractivity contribution in [2.24, 2.45) is 0 Å². The van der Waals surface area contributed by atoms with Crippen molar-refractivity contribution in [3.63, 3.8) is 0 Å². The van der Waals surface area contributed by atoms with E-state index < -0.39 is 0 Å². The zero-order valence-electron chi connectivity index (χ0n) is 9.03. The van der Waals surface area contributed by atoms with Gasteiger partial charge >= 0.3 is 6.09 Å². The fraction of sp³-hybridized carbons (Fsp3) is 0.909. The molecule has 0 radical (unpaired) electrons. The van der Waals surface area contributed by atoms with Crippen LogP contribution in [-0.2, 0) is 4.74 Å². The van der Waals surface area contributed by atoms with E-state index in [1.807, 2.05) is 4.90 Å². The van der Waals surface area contributed by atoms with Crippen LogP contribution in [0.4, 0.5) is 4.79 Å². The average Bonchev–Trinajstić information content (AvgIpc) is 2.87. The highest BCUT2D eigenvalue weighted by molar-refractivity contribution is 5.69. The highest BCUT2D eigenvalue weighted by atomic mass is 16.6. The lowest BCUT2D eigenvalue weighted by atomic mass is 9.98. The number of hydrogen-bond donors (Lipinski definition) is 0. The van der Waals surface area contributed by atoms with Crippen LogP contribution in [0.15, 0.2) is 0 Å². The second kappa shape index (κ2) is 3.79. The maximum absolute atomic E-state index is 11.8. The minimum atomic E-state index is -0.0906. The molecule has 3 heteroatoms. The van der Waals surface area contributed by atoms with E-state index in [0.29, 0.717) is 12.1 Å². The first-order chi connectivity index (χ1) is 6.68. The van der Waals surface area contributed by atoms with Crippen LogP contribution in [0.25, 0.3) is 0 Å². The Morgan fingerprint density at radius 2 is 1.71 bits per heavy atom. The maximum atomic E-state index is 11.8. The molecule has 2 rings (SSSR count). The minimum Gasteiger partial charge on any atom is -0.446 e. The molecule has 2 atom stereocenters. The van der Waals surface area contributed by atoms with Gasteiger partial charge < -0.3 is 9.64 Å². The van der Waals surface area contributed by atoms with E-state index >= 15 is 0 Å². The van der Waals surface area contributed by atoms with Crippen LogP contribution < -0.4 is 0 Å². The van der Waals surface area contributed by atoms with E-state index in [9.17, 15) is 4.79 Å². The standard InChI is InChI=1S/C11H19NO2/c1-8-4-3-5-9(2)12(8)11(13)14-10-6-7-10/h8-10H,3-7H2,1-2H3. The number of hydrogen-bond acceptors (Lipinski definition) is 2. The Morgan fingerprint density at radius 1 is 1.14 bits per heavy atom. The van der Waals surface area contributed by atoms with Gasteiger partial charge in [0.1, 0.15) is 6.10 Å². The van der Waals surface area contributed by atoms with Crippen molar-refractivity contribution in [2.75, 3.05) is 0 Å². The van der Waals surface area contributed by atoms with Crippen LogP contribution in [0.1, 0.15) is 46.0 Å². The molecule has 0 N–H and O–H groups in total. The number of rotatable bonds is 1. The Hall–Kier alpha value is -0.730. The SMILES string of the molecule is CC1CCCC(C)N1C(=O)OC1CC1. The number of amides is 1. The van der Waals surface area contributed by atoms with Gasteiger partial charge in [0.15, 0.2) is 0 Å². The van der Waals surface area contributed by atoms with Gasteiger partial charge in [-0.05, 0) is 46.0 Å². The highest BCUT2D eigenvalue weighted by Crippen LogP contribution is 2.28. The molecule has 1 heterocycles. The van der Waals surface area contributed by atoms with Gasteiger partial charge in [-0.2, -0.15) is 0 Å².